The van der Waals surface area contributed by atoms with Gasteiger partial charge in [-0.3, -0.25) is 24.0 Å². The highest BCUT2D eigenvalue weighted by atomic mass is 79.9. The summed E-state index contributed by atoms with van der Waals surface area (Å²) in [4.78, 5) is 53.1. The molecule has 1 N–H and O–H groups in total. The Hall–Kier alpha value is -4.24. The molecule has 3 atom stereocenters. The summed E-state index contributed by atoms with van der Waals surface area (Å²) in [5.74, 6) is -1.40. The van der Waals surface area contributed by atoms with Gasteiger partial charge >= 0.3 is 5.23 Å². The fourth-order valence-electron chi connectivity index (χ4n) is 5.49. The van der Waals surface area contributed by atoms with E-state index in [1.54, 1.807) is 24.3 Å². The van der Waals surface area contributed by atoms with Gasteiger partial charge in [0.1, 0.15) is 28.7 Å². The van der Waals surface area contributed by atoms with Crippen LogP contribution in [0.15, 0.2) is 71.9 Å². The second kappa shape index (κ2) is 11.2. The van der Waals surface area contributed by atoms with Gasteiger partial charge in [0.25, 0.3) is 0 Å². The molecule has 3 aromatic heterocycles. The van der Waals surface area contributed by atoms with Crippen LogP contribution in [0.3, 0.4) is 0 Å². The lowest BCUT2D eigenvalue weighted by atomic mass is 10.0. The zero-order chi connectivity index (χ0) is 30.2. The van der Waals surface area contributed by atoms with E-state index in [0.717, 1.165) is 12.5 Å². The van der Waals surface area contributed by atoms with Crippen LogP contribution in [0, 0.1) is 5.41 Å². The highest BCUT2D eigenvalue weighted by Crippen LogP contribution is 2.60. The summed E-state index contributed by atoms with van der Waals surface area (Å²) in [5.41, 5.74) is -0.239. The Labute approximate surface area is 249 Å². The molecule has 13 nitrogen and oxygen atoms in total. The Morgan fingerprint density at radius 3 is 2.74 bits per heavy atom. The first-order valence-corrected chi connectivity index (χ1v) is 15.2. The Morgan fingerprint density at radius 1 is 1.26 bits per heavy atom. The summed E-state index contributed by atoms with van der Waals surface area (Å²) in [6.07, 6.45) is 5.46. The third-order valence-corrected chi connectivity index (χ3v) is 9.40. The summed E-state index contributed by atoms with van der Waals surface area (Å²) < 4.78 is 33.4. The number of amides is 2. The number of Topliss-reactive ketones (excluding diaryl/α,β-unsaturated/α-hetero) is 1. The minimum absolute atomic E-state index is 0.0814. The number of fused-ring (bicyclic) bond motifs is 2. The van der Waals surface area contributed by atoms with E-state index in [4.69, 9.17) is 4.74 Å². The van der Waals surface area contributed by atoms with Crippen LogP contribution in [-0.2, 0) is 30.7 Å². The van der Waals surface area contributed by atoms with E-state index in [1.807, 2.05) is 0 Å². The zero-order valence-electron chi connectivity index (χ0n) is 22.4. The number of anilines is 1. The quantitative estimate of drug-likeness (QED) is 0.120. The molecule has 0 aromatic carbocycles. The normalized spacial score (nSPS) is 21.5. The molecule has 1 saturated carbocycles. The van der Waals surface area contributed by atoms with Crippen LogP contribution in [0.25, 0.3) is 10.9 Å². The van der Waals surface area contributed by atoms with Gasteiger partial charge in [0.05, 0.1) is 23.7 Å². The smallest absolute Gasteiger partial charge is 0.314 e. The number of carbonyl (C=O) groups is 3. The molecule has 4 heterocycles. The first-order valence-electron chi connectivity index (χ1n) is 12.7. The SMILES string of the molecule is C=C/N=C(\OC=C)S(=O)(=O)C[C@@]12C[C@@H](C(=O)Nc3cccc(Br)n3)N(C(=O)Cn3nc(C(C)=O)c4ccncc43)[C@@H]1C2. The average molecular weight is 657 g/mol. The zero-order valence-corrected chi connectivity index (χ0v) is 24.8. The maximum absolute atomic E-state index is 13.9. The number of hydrogen-bond donors (Lipinski definition) is 1. The molecule has 0 unspecified atom stereocenters. The highest BCUT2D eigenvalue weighted by molar-refractivity contribution is 9.10. The number of aliphatic imine (C=N–C) groups is 1. The molecule has 218 valence electrons. The monoisotopic (exact) mass is 655 g/mol. The molecule has 2 aliphatic rings. The molecule has 3 aromatic rings. The fourth-order valence-corrected chi connectivity index (χ4v) is 7.59. The number of piperidine rings is 1. The van der Waals surface area contributed by atoms with Crippen LogP contribution in [0.2, 0.25) is 0 Å². The number of halogens is 1. The third kappa shape index (κ3) is 5.48. The summed E-state index contributed by atoms with van der Waals surface area (Å²) in [6, 6.07) is 5.08. The van der Waals surface area contributed by atoms with Crippen molar-refractivity contribution in [3.63, 3.8) is 0 Å². The molecule has 1 aliphatic heterocycles. The van der Waals surface area contributed by atoms with E-state index >= 15 is 0 Å². The van der Waals surface area contributed by atoms with Crippen molar-refractivity contribution in [2.45, 2.75) is 38.4 Å². The summed E-state index contributed by atoms with van der Waals surface area (Å²) >= 11 is 3.27. The second-order valence-corrected chi connectivity index (χ2v) is 12.7. The van der Waals surface area contributed by atoms with Gasteiger partial charge < -0.3 is 15.0 Å². The van der Waals surface area contributed by atoms with Gasteiger partial charge in [-0.05, 0) is 47.0 Å². The van der Waals surface area contributed by atoms with Crippen molar-refractivity contribution in [3.05, 3.63) is 72.6 Å². The molecule has 2 amide bonds. The summed E-state index contributed by atoms with van der Waals surface area (Å²) in [6.45, 7) is 7.91. The fraction of sp³-hybridized carbons (Fsp3) is 0.296. The van der Waals surface area contributed by atoms with Crippen LogP contribution in [0.4, 0.5) is 5.82 Å². The number of aromatic nitrogens is 4. The number of nitrogens with one attached hydrogen (secondary N) is 1. The lowest BCUT2D eigenvalue weighted by Crippen LogP contribution is -2.46. The van der Waals surface area contributed by atoms with E-state index in [1.165, 1.54) is 28.9 Å². The van der Waals surface area contributed by atoms with E-state index in [0.29, 0.717) is 21.9 Å². The van der Waals surface area contributed by atoms with Crippen molar-refractivity contribution >= 4 is 65.3 Å². The molecule has 15 heteroatoms. The number of sulfone groups is 1. The number of rotatable bonds is 9. The van der Waals surface area contributed by atoms with Gasteiger partial charge in [-0.2, -0.15) is 5.10 Å². The van der Waals surface area contributed by atoms with Crippen LogP contribution >= 0.6 is 15.9 Å². The molecule has 5 rings (SSSR count). The highest BCUT2D eigenvalue weighted by Gasteiger charge is 2.68. The number of hydrogen-bond acceptors (Lipinski definition) is 10. The molecule has 42 heavy (non-hydrogen) atoms. The topological polar surface area (TPSA) is 166 Å². The van der Waals surface area contributed by atoms with Crippen LogP contribution < -0.4 is 5.32 Å². The summed E-state index contributed by atoms with van der Waals surface area (Å²) in [7, 11) is -4.07. The predicted octanol–water partition coefficient (Wildman–Crippen LogP) is 2.86. The Bertz CT molecular complexity index is 1770. The number of nitrogens with zero attached hydrogens (tertiary/aromatic N) is 6. The molecule has 1 saturated heterocycles. The number of carbonyl (C=O) groups excluding carboxylic acids is 3. The number of ether oxygens (including phenoxy) is 1. The van der Waals surface area contributed by atoms with E-state index in [9.17, 15) is 22.8 Å². The van der Waals surface area contributed by atoms with Gasteiger partial charge in [0, 0.05) is 36.2 Å². The van der Waals surface area contributed by atoms with Crippen molar-refractivity contribution < 1.29 is 27.5 Å². The van der Waals surface area contributed by atoms with Crippen LogP contribution in [-0.4, -0.2) is 73.7 Å². The largest absolute Gasteiger partial charge is 0.439 e. The average Bonchev–Trinajstić information content (AvgIpc) is 3.32. The second-order valence-electron chi connectivity index (χ2n) is 10.0. The summed E-state index contributed by atoms with van der Waals surface area (Å²) in [5, 5.41) is 7.06. The lowest BCUT2D eigenvalue weighted by molar-refractivity contribution is -0.138. The number of likely N-dealkylation sites (tertiary alicyclic amines) is 1. The van der Waals surface area contributed by atoms with Crippen molar-refractivity contribution in [1.82, 2.24) is 24.6 Å². The predicted molar refractivity (Wildman–Crippen MR) is 157 cm³/mol. The molecule has 1 aliphatic carbocycles. The first-order chi connectivity index (χ1) is 20.0. The van der Waals surface area contributed by atoms with E-state index in [2.05, 4.69) is 54.5 Å². The Kier molecular flexibility index (Phi) is 7.81. The maximum atomic E-state index is 13.9. The molecular weight excluding hydrogens is 630 g/mol. The van der Waals surface area contributed by atoms with Gasteiger partial charge in [-0.25, -0.2) is 18.4 Å². The number of pyridine rings is 2. The van der Waals surface area contributed by atoms with Crippen molar-refractivity contribution in [2.75, 3.05) is 11.1 Å². The third-order valence-electron chi connectivity index (χ3n) is 7.27. The standard InChI is InChI=1S/C27H26BrN7O6S/c1-4-30-26(41-5-2)42(39,40)15-27-11-18(25(38)32-22-8-6-7-21(28)31-22)35(20(27)12-27)23(37)14-34-19-13-29-10-9-17(19)24(33-34)16(3)36/h4-10,13,18,20H,1-2,11-12,14-15H2,3H3,(H,31,32,38)/b30-26+/t18-,20+,27-/m0/s1. The first kappa shape index (κ1) is 29.3. The van der Waals surface area contributed by atoms with Gasteiger partial charge in [0.15, 0.2) is 5.78 Å². The Balaban J connectivity index is 1.47. The molecule has 0 spiro atoms. The van der Waals surface area contributed by atoms with Gasteiger partial charge in [-0.15, -0.1) is 0 Å². The molecular formula is C27H26BrN7O6S. The minimum Gasteiger partial charge on any atom is -0.439 e. The van der Waals surface area contributed by atoms with Crippen molar-refractivity contribution in [3.8, 4) is 0 Å². The van der Waals surface area contributed by atoms with Crippen molar-refractivity contribution in [1.29, 1.82) is 0 Å². The maximum Gasteiger partial charge on any atom is 0.314 e. The lowest BCUT2D eigenvalue weighted by Gasteiger charge is -2.26. The minimum atomic E-state index is -4.07. The van der Waals surface area contributed by atoms with Crippen molar-refractivity contribution in [2.24, 2.45) is 10.4 Å². The van der Waals surface area contributed by atoms with Crippen LogP contribution in [0.5, 0.6) is 0 Å². The van der Waals surface area contributed by atoms with Crippen LogP contribution in [0.1, 0.15) is 30.3 Å². The number of ketones is 1. The van der Waals surface area contributed by atoms with Gasteiger partial charge in [0.2, 0.25) is 21.7 Å². The van der Waals surface area contributed by atoms with E-state index < -0.39 is 50.1 Å². The molecule has 0 bridgehead atoms. The molecule has 2 fully saturated rings. The van der Waals surface area contributed by atoms with Gasteiger partial charge in [-0.1, -0.05) is 19.2 Å². The van der Waals surface area contributed by atoms with E-state index in [-0.39, 0.29) is 30.3 Å². The molecule has 0 radical (unpaired) electrons. The Morgan fingerprint density at radius 2 is 2.05 bits per heavy atom.